The summed E-state index contributed by atoms with van der Waals surface area (Å²) in [5.41, 5.74) is 7.92. The van der Waals surface area contributed by atoms with Crippen LogP contribution in [0.1, 0.15) is 5.56 Å². The second-order valence-electron chi connectivity index (χ2n) is 13.1. The van der Waals surface area contributed by atoms with E-state index in [4.69, 9.17) is 19.7 Å². The highest BCUT2D eigenvalue weighted by molar-refractivity contribution is 7.23. The molecule has 6 heteroatoms. The van der Waals surface area contributed by atoms with Crippen LogP contribution in [-0.4, -0.2) is 23.0 Å². The fourth-order valence-corrected chi connectivity index (χ4v) is 13.3. The van der Waals surface area contributed by atoms with Crippen molar-refractivity contribution in [2.45, 2.75) is 0 Å². The number of nitrogens with zero attached hydrogens (tertiary/aromatic N) is 4. The normalized spacial score (nSPS) is 12.9. The molecule has 0 saturated carbocycles. The standard InChI is InChI=1S/C46H28N4OSi/c47-29-30-21-23-31(24-22-30)33-13-10-14-34(27-33)45-48-44(32-11-2-1-3-12-32)49-46(50-45)35-25-26-39-43(28-35)52(42-20-9-6-17-38(42)51-39)40-18-7-4-15-36(40)37-16-5-8-19-41(37)52/h1-28H. The number of hydrogen-bond donors (Lipinski definition) is 0. The van der Waals surface area contributed by atoms with E-state index in [2.05, 4.69) is 109 Å². The second kappa shape index (κ2) is 11.8. The molecule has 8 aromatic rings. The van der Waals surface area contributed by atoms with Gasteiger partial charge in [0.05, 0.1) is 11.6 Å². The molecule has 0 N–H and O–H groups in total. The summed E-state index contributed by atoms with van der Waals surface area (Å²) < 4.78 is 6.70. The summed E-state index contributed by atoms with van der Waals surface area (Å²) in [6, 6.07) is 60.8. The molecule has 2 aliphatic rings. The van der Waals surface area contributed by atoms with Crippen molar-refractivity contribution in [3.05, 3.63) is 175 Å². The number of fused-ring (bicyclic) bond motifs is 9. The molecule has 0 bridgehead atoms. The number of nitriles is 1. The molecule has 0 radical (unpaired) electrons. The summed E-state index contributed by atoms with van der Waals surface area (Å²) in [6.45, 7) is 0. The summed E-state index contributed by atoms with van der Waals surface area (Å²) in [6.07, 6.45) is 0. The van der Waals surface area contributed by atoms with Crippen molar-refractivity contribution in [1.29, 1.82) is 5.26 Å². The highest BCUT2D eigenvalue weighted by atomic mass is 28.3. The number of hydrogen-bond acceptors (Lipinski definition) is 5. The number of para-hydroxylation sites is 1. The van der Waals surface area contributed by atoms with E-state index in [0.29, 0.717) is 23.0 Å². The van der Waals surface area contributed by atoms with Gasteiger partial charge >= 0.3 is 0 Å². The quantitative estimate of drug-likeness (QED) is 0.177. The summed E-state index contributed by atoms with van der Waals surface area (Å²) in [5.74, 6) is 3.57. The molecule has 5 nitrogen and oxygen atoms in total. The molecule has 0 amide bonds. The van der Waals surface area contributed by atoms with Gasteiger partial charge in [0.2, 0.25) is 0 Å². The van der Waals surface area contributed by atoms with E-state index in [-0.39, 0.29) is 0 Å². The Morgan fingerprint density at radius 2 is 0.923 bits per heavy atom. The van der Waals surface area contributed by atoms with E-state index in [1.54, 1.807) is 0 Å². The first-order chi connectivity index (χ1) is 25.7. The van der Waals surface area contributed by atoms with Gasteiger partial charge in [0, 0.05) is 16.7 Å². The van der Waals surface area contributed by atoms with Crippen LogP contribution >= 0.6 is 0 Å². The van der Waals surface area contributed by atoms with E-state index in [0.717, 1.165) is 39.3 Å². The van der Waals surface area contributed by atoms with Crippen molar-refractivity contribution >= 4 is 28.8 Å². The van der Waals surface area contributed by atoms with E-state index in [1.165, 1.54) is 31.9 Å². The van der Waals surface area contributed by atoms with Gasteiger partial charge in [0.25, 0.3) is 0 Å². The molecule has 1 aromatic heterocycles. The van der Waals surface area contributed by atoms with Crippen LogP contribution in [0.4, 0.5) is 0 Å². The molecule has 0 atom stereocenters. The van der Waals surface area contributed by atoms with E-state index < -0.39 is 8.07 Å². The lowest BCUT2D eigenvalue weighted by molar-refractivity contribution is 0.487. The molecule has 7 aromatic carbocycles. The van der Waals surface area contributed by atoms with Crippen LogP contribution < -0.4 is 25.5 Å². The largest absolute Gasteiger partial charge is 0.458 e. The second-order valence-corrected chi connectivity index (χ2v) is 16.7. The van der Waals surface area contributed by atoms with Gasteiger partial charge < -0.3 is 4.74 Å². The lowest BCUT2D eigenvalue weighted by Gasteiger charge is -2.37. The minimum atomic E-state index is -2.79. The predicted molar refractivity (Wildman–Crippen MR) is 209 cm³/mol. The first-order valence-electron chi connectivity index (χ1n) is 17.2. The van der Waals surface area contributed by atoms with Crippen LogP contribution in [0.5, 0.6) is 11.5 Å². The average molecular weight is 681 g/mol. The maximum atomic E-state index is 9.31. The zero-order valence-electron chi connectivity index (χ0n) is 27.9. The zero-order chi connectivity index (χ0) is 34.6. The molecule has 3 heterocycles. The van der Waals surface area contributed by atoms with Crippen molar-refractivity contribution in [3.63, 3.8) is 0 Å². The summed E-state index contributed by atoms with van der Waals surface area (Å²) >= 11 is 0. The Bertz CT molecular complexity index is 2690. The fraction of sp³-hybridized carbons (Fsp3) is 0. The van der Waals surface area contributed by atoms with Crippen molar-refractivity contribution in [2.24, 2.45) is 0 Å². The van der Waals surface area contributed by atoms with Crippen molar-refractivity contribution in [1.82, 2.24) is 15.0 Å². The predicted octanol–water partition coefficient (Wildman–Crippen LogP) is 7.87. The Morgan fingerprint density at radius 3 is 1.62 bits per heavy atom. The first-order valence-corrected chi connectivity index (χ1v) is 19.2. The Morgan fingerprint density at radius 1 is 0.404 bits per heavy atom. The Labute approximate surface area is 302 Å². The number of aromatic nitrogens is 3. The highest BCUT2D eigenvalue weighted by Gasteiger charge is 2.53. The third-order valence-corrected chi connectivity index (χ3v) is 15.1. The third kappa shape index (κ3) is 4.57. The van der Waals surface area contributed by atoms with E-state index >= 15 is 0 Å². The van der Waals surface area contributed by atoms with Gasteiger partial charge in [0.1, 0.15) is 11.5 Å². The number of ether oxygens (including phenoxy) is 1. The molecule has 52 heavy (non-hydrogen) atoms. The molecular weight excluding hydrogens is 653 g/mol. The van der Waals surface area contributed by atoms with Crippen molar-refractivity contribution in [2.75, 3.05) is 0 Å². The lowest BCUT2D eigenvalue weighted by Crippen LogP contribution is -2.74. The number of rotatable bonds is 4. The van der Waals surface area contributed by atoms with Gasteiger partial charge in [-0.1, -0.05) is 127 Å². The lowest BCUT2D eigenvalue weighted by atomic mass is 10.0. The maximum Gasteiger partial charge on any atom is 0.189 e. The molecule has 242 valence electrons. The highest BCUT2D eigenvalue weighted by Crippen LogP contribution is 2.37. The summed E-state index contributed by atoms with van der Waals surface area (Å²) in [4.78, 5) is 15.3. The SMILES string of the molecule is N#Cc1ccc(-c2cccc(-c3nc(-c4ccccc4)nc(-c4ccc5c(c4)[Si]4(c6ccccc6O5)c5ccccc5-c5ccccc54)n3)c2)cc1. The van der Waals surface area contributed by atoms with Gasteiger partial charge in [-0.05, 0) is 85.5 Å². The average Bonchev–Trinajstić information content (AvgIpc) is 3.52. The van der Waals surface area contributed by atoms with Crippen LogP contribution in [0.3, 0.4) is 0 Å². The first kappa shape index (κ1) is 29.9. The van der Waals surface area contributed by atoms with E-state index in [9.17, 15) is 5.26 Å². The van der Waals surface area contributed by atoms with Crippen LogP contribution in [-0.2, 0) is 0 Å². The summed E-state index contributed by atoms with van der Waals surface area (Å²) in [5, 5.41) is 14.5. The Balaban J connectivity index is 1.19. The molecule has 10 rings (SSSR count). The molecular formula is C46H28N4OSi. The molecule has 1 spiro atoms. The monoisotopic (exact) mass is 680 g/mol. The molecule has 0 fully saturated rings. The minimum absolute atomic E-state index is 0.585. The fourth-order valence-electron chi connectivity index (χ4n) is 7.92. The van der Waals surface area contributed by atoms with Crippen LogP contribution in [0.25, 0.3) is 56.4 Å². The Hall–Kier alpha value is -6.94. The molecule has 0 saturated heterocycles. The molecule has 0 unspecified atom stereocenters. The summed E-state index contributed by atoms with van der Waals surface area (Å²) in [7, 11) is -2.79. The van der Waals surface area contributed by atoms with Gasteiger partial charge in [-0.3, -0.25) is 0 Å². The third-order valence-electron chi connectivity index (χ3n) is 10.2. The van der Waals surface area contributed by atoms with Gasteiger partial charge in [0.15, 0.2) is 25.5 Å². The maximum absolute atomic E-state index is 9.31. The molecule has 2 aliphatic heterocycles. The van der Waals surface area contributed by atoms with Gasteiger partial charge in [-0.25, -0.2) is 15.0 Å². The Kier molecular flexibility index (Phi) is 6.81. The van der Waals surface area contributed by atoms with Crippen molar-refractivity contribution in [3.8, 4) is 74.0 Å². The van der Waals surface area contributed by atoms with E-state index in [1.807, 2.05) is 66.7 Å². The van der Waals surface area contributed by atoms with Crippen LogP contribution in [0.2, 0.25) is 0 Å². The van der Waals surface area contributed by atoms with Gasteiger partial charge in [-0.15, -0.1) is 0 Å². The van der Waals surface area contributed by atoms with Gasteiger partial charge in [-0.2, -0.15) is 5.26 Å². The van der Waals surface area contributed by atoms with Crippen LogP contribution in [0.15, 0.2) is 170 Å². The minimum Gasteiger partial charge on any atom is -0.458 e. The topological polar surface area (TPSA) is 71.7 Å². The number of benzene rings is 7. The smallest absolute Gasteiger partial charge is 0.189 e. The van der Waals surface area contributed by atoms with Crippen LogP contribution in [0, 0.1) is 11.3 Å². The zero-order valence-corrected chi connectivity index (χ0v) is 28.9. The molecule has 0 aliphatic carbocycles. The van der Waals surface area contributed by atoms with Crippen molar-refractivity contribution < 1.29 is 4.74 Å².